The lowest BCUT2D eigenvalue weighted by Crippen LogP contribution is -2.58. The highest BCUT2D eigenvalue weighted by Crippen LogP contribution is 2.10. The third-order valence-corrected chi connectivity index (χ3v) is 4.27. The van der Waals surface area contributed by atoms with Gasteiger partial charge in [0.2, 0.25) is 11.9 Å². The largest absolute Gasteiger partial charge is 0.384 e. The number of amides is 4. The van der Waals surface area contributed by atoms with Crippen molar-refractivity contribution in [2.75, 3.05) is 13.6 Å². The molecule has 11 heteroatoms. The summed E-state index contributed by atoms with van der Waals surface area (Å²) in [6, 6.07) is 4.97. The van der Waals surface area contributed by atoms with Crippen molar-refractivity contribution in [1.29, 1.82) is 5.41 Å². The van der Waals surface area contributed by atoms with Gasteiger partial charge in [0.05, 0.1) is 6.54 Å². The fourth-order valence-corrected chi connectivity index (χ4v) is 2.72. The Bertz CT molecular complexity index is 805. The molecular weight excluding hydrogens is 364 g/mol. The van der Waals surface area contributed by atoms with Gasteiger partial charge in [-0.2, -0.15) is 0 Å². The van der Waals surface area contributed by atoms with Gasteiger partial charge >= 0.3 is 6.03 Å². The Balaban J connectivity index is 1.90. The molecule has 1 aliphatic heterocycles. The molecule has 0 bridgehead atoms. The smallest absolute Gasteiger partial charge is 0.318 e. The van der Waals surface area contributed by atoms with Gasteiger partial charge < -0.3 is 22.1 Å². The van der Waals surface area contributed by atoms with E-state index < -0.39 is 24.0 Å². The van der Waals surface area contributed by atoms with Crippen molar-refractivity contribution in [3.63, 3.8) is 0 Å². The summed E-state index contributed by atoms with van der Waals surface area (Å²) < 4.78 is 0. The zero-order valence-corrected chi connectivity index (χ0v) is 15.4. The number of guanidine groups is 1. The quantitative estimate of drug-likeness (QED) is 0.247. The minimum absolute atomic E-state index is 0.00539. The molecule has 28 heavy (non-hydrogen) atoms. The molecular formula is C17H24N8O3. The van der Waals surface area contributed by atoms with Crippen LogP contribution in [0.1, 0.15) is 17.5 Å². The molecule has 0 aliphatic carbocycles. The van der Waals surface area contributed by atoms with Crippen LogP contribution in [0.3, 0.4) is 0 Å². The number of hydrogen-bond acceptors (Lipinski definition) is 6. The molecule has 0 fully saturated rings. The number of aliphatic imine (C=N–C) groups is 1. The van der Waals surface area contributed by atoms with Crippen LogP contribution in [-0.4, -0.2) is 60.2 Å². The van der Waals surface area contributed by atoms with Crippen LogP contribution in [0.2, 0.25) is 0 Å². The first-order valence-corrected chi connectivity index (χ1v) is 8.53. The second-order valence-corrected chi connectivity index (χ2v) is 6.47. The molecule has 0 saturated carbocycles. The molecule has 9 N–H and O–H groups in total. The predicted octanol–water partition coefficient (Wildman–Crippen LogP) is -1.79. The molecule has 1 aromatic carbocycles. The van der Waals surface area contributed by atoms with Crippen molar-refractivity contribution in [1.82, 2.24) is 15.5 Å². The standard InChI is InChI=1S/C17H24N8O3/c1-25(12-8-22-17(23-15(12)27)24-16(21)28)13(26)7-11(18)6-9-2-4-10(5-3-9)14(19)20/h2-5,11-12H,6-8,18H2,1H3,(H3,19,20)(H4,21,22,23,24,27,28)/t11-,12?/m0/s1. The molecule has 11 nitrogen and oxygen atoms in total. The Morgan fingerprint density at radius 2 is 2.00 bits per heavy atom. The van der Waals surface area contributed by atoms with Crippen LogP contribution in [0.25, 0.3) is 0 Å². The van der Waals surface area contributed by atoms with E-state index in [1.807, 2.05) is 0 Å². The number of urea groups is 1. The molecule has 1 unspecified atom stereocenters. The van der Waals surface area contributed by atoms with E-state index in [0.717, 1.165) is 5.56 Å². The summed E-state index contributed by atoms with van der Waals surface area (Å²) in [5.74, 6) is -0.826. The zero-order valence-electron chi connectivity index (χ0n) is 15.4. The Kier molecular flexibility index (Phi) is 6.66. The predicted molar refractivity (Wildman–Crippen MR) is 103 cm³/mol. The van der Waals surface area contributed by atoms with Crippen LogP contribution in [0.15, 0.2) is 29.3 Å². The number of nitrogens with zero attached hydrogens (tertiary/aromatic N) is 2. The molecule has 1 aromatic rings. The van der Waals surface area contributed by atoms with Crippen molar-refractivity contribution < 1.29 is 14.4 Å². The summed E-state index contributed by atoms with van der Waals surface area (Å²) in [4.78, 5) is 40.7. The third kappa shape index (κ3) is 5.51. The first-order valence-electron chi connectivity index (χ1n) is 8.53. The van der Waals surface area contributed by atoms with Gasteiger partial charge in [-0.15, -0.1) is 0 Å². The third-order valence-electron chi connectivity index (χ3n) is 4.27. The number of benzene rings is 1. The number of carbonyl (C=O) groups excluding carboxylic acids is 3. The SMILES string of the molecule is CN(C(=O)C[C@@H](N)Cc1ccc(C(=N)N)cc1)C1CN=C(NC(N)=O)NC1=O. The molecule has 2 rings (SSSR count). The molecule has 4 amide bonds. The van der Waals surface area contributed by atoms with E-state index in [0.29, 0.717) is 12.0 Å². The number of nitrogens with one attached hydrogen (secondary N) is 3. The number of rotatable bonds is 6. The fourth-order valence-electron chi connectivity index (χ4n) is 2.72. The molecule has 150 valence electrons. The Labute approximate surface area is 161 Å². The lowest BCUT2D eigenvalue weighted by atomic mass is 10.0. The van der Waals surface area contributed by atoms with Crippen LogP contribution >= 0.6 is 0 Å². The van der Waals surface area contributed by atoms with Crippen molar-refractivity contribution in [2.45, 2.75) is 24.9 Å². The zero-order chi connectivity index (χ0) is 20.8. The molecule has 1 aliphatic rings. The van der Waals surface area contributed by atoms with Gasteiger partial charge in [0.15, 0.2) is 0 Å². The maximum atomic E-state index is 12.5. The maximum Gasteiger partial charge on any atom is 0.318 e. The lowest BCUT2D eigenvalue weighted by Gasteiger charge is -2.30. The summed E-state index contributed by atoms with van der Waals surface area (Å²) in [5, 5.41) is 12.0. The van der Waals surface area contributed by atoms with E-state index in [1.54, 1.807) is 24.3 Å². The summed E-state index contributed by atoms with van der Waals surface area (Å²) in [7, 11) is 1.50. The molecule has 0 spiro atoms. The second kappa shape index (κ2) is 8.95. The molecule has 1 heterocycles. The second-order valence-electron chi connectivity index (χ2n) is 6.47. The molecule has 0 aromatic heterocycles. The van der Waals surface area contributed by atoms with Crippen molar-refractivity contribution in [3.8, 4) is 0 Å². The van der Waals surface area contributed by atoms with E-state index in [9.17, 15) is 14.4 Å². The van der Waals surface area contributed by atoms with E-state index in [2.05, 4.69) is 15.6 Å². The highest BCUT2D eigenvalue weighted by atomic mass is 16.2. The molecule has 0 saturated heterocycles. The van der Waals surface area contributed by atoms with E-state index >= 15 is 0 Å². The van der Waals surface area contributed by atoms with Gasteiger partial charge in [0, 0.05) is 25.1 Å². The number of nitrogens with two attached hydrogens (primary N) is 3. The first-order chi connectivity index (χ1) is 13.2. The summed E-state index contributed by atoms with van der Waals surface area (Å²) in [6.07, 6.45) is 0.504. The van der Waals surface area contributed by atoms with Crippen molar-refractivity contribution in [3.05, 3.63) is 35.4 Å². The average Bonchev–Trinajstić information content (AvgIpc) is 2.61. The number of nitrogen functional groups attached to an aromatic ring is 1. The van der Waals surface area contributed by atoms with Crippen LogP contribution in [0.4, 0.5) is 4.79 Å². The highest BCUT2D eigenvalue weighted by molar-refractivity contribution is 6.07. The lowest BCUT2D eigenvalue weighted by molar-refractivity contribution is -0.138. The van der Waals surface area contributed by atoms with Crippen LogP contribution in [-0.2, 0) is 16.0 Å². The monoisotopic (exact) mass is 388 g/mol. The summed E-state index contributed by atoms with van der Waals surface area (Å²) in [6.45, 7) is 0.00539. The van der Waals surface area contributed by atoms with Gasteiger partial charge in [0.1, 0.15) is 11.9 Å². The van der Waals surface area contributed by atoms with Crippen molar-refractivity contribution in [2.24, 2.45) is 22.2 Å². The molecule has 0 radical (unpaired) electrons. The van der Waals surface area contributed by atoms with E-state index in [-0.39, 0.29) is 30.7 Å². The normalized spacial score (nSPS) is 17.1. The average molecular weight is 388 g/mol. The fraction of sp³-hybridized carbons (Fsp3) is 0.353. The van der Waals surface area contributed by atoms with E-state index in [4.69, 9.17) is 22.6 Å². The topological polar surface area (TPSA) is 193 Å². The van der Waals surface area contributed by atoms with Gasteiger partial charge in [-0.1, -0.05) is 24.3 Å². The minimum Gasteiger partial charge on any atom is -0.384 e. The first kappa shape index (κ1) is 20.8. The van der Waals surface area contributed by atoms with Crippen LogP contribution in [0, 0.1) is 5.41 Å². The Morgan fingerprint density at radius 3 is 2.54 bits per heavy atom. The van der Waals surface area contributed by atoms with Gasteiger partial charge in [-0.3, -0.25) is 25.6 Å². The van der Waals surface area contributed by atoms with E-state index in [1.165, 1.54) is 11.9 Å². The minimum atomic E-state index is -0.843. The number of likely N-dealkylation sites (N-methyl/N-ethyl adjacent to an activating group) is 1. The number of amidine groups is 1. The number of carbonyl (C=O) groups is 3. The summed E-state index contributed by atoms with van der Waals surface area (Å²) in [5.41, 5.74) is 18.0. The Hall–Kier alpha value is -3.47. The maximum absolute atomic E-state index is 12.5. The summed E-state index contributed by atoms with van der Waals surface area (Å²) >= 11 is 0. The Morgan fingerprint density at radius 1 is 1.36 bits per heavy atom. The number of primary amides is 1. The van der Waals surface area contributed by atoms with Crippen LogP contribution < -0.4 is 27.8 Å². The highest BCUT2D eigenvalue weighted by Gasteiger charge is 2.31. The van der Waals surface area contributed by atoms with Gasteiger partial charge in [-0.25, -0.2) is 9.79 Å². The van der Waals surface area contributed by atoms with Crippen LogP contribution in [0.5, 0.6) is 0 Å². The van der Waals surface area contributed by atoms with Gasteiger partial charge in [0.25, 0.3) is 5.91 Å². The number of hydrogen-bond donors (Lipinski definition) is 6. The van der Waals surface area contributed by atoms with Gasteiger partial charge in [-0.05, 0) is 12.0 Å². The molecule has 2 atom stereocenters. The van der Waals surface area contributed by atoms with Crippen molar-refractivity contribution >= 4 is 29.6 Å².